The van der Waals surface area contributed by atoms with Crippen molar-refractivity contribution in [2.75, 3.05) is 20.2 Å². The van der Waals surface area contributed by atoms with Gasteiger partial charge in [-0.3, -0.25) is 4.79 Å². The van der Waals surface area contributed by atoms with Gasteiger partial charge in [0.15, 0.2) is 6.10 Å². The molecular formula is C23H29NO3. The normalized spacial score (nSPS) is 16.0. The number of nitrogens with zero attached hydrogens (tertiary/aromatic N) is 1. The van der Waals surface area contributed by atoms with Gasteiger partial charge in [0, 0.05) is 13.1 Å². The number of hydrogen-bond acceptors (Lipinski definition) is 3. The first-order valence-electron chi connectivity index (χ1n) is 9.83. The van der Waals surface area contributed by atoms with Crippen LogP contribution in [0, 0.1) is 5.92 Å². The molecule has 4 nitrogen and oxygen atoms in total. The highest BCUT2D eigenvalue weighted by Crippen LogP contribution is 2.24. The summed E-state index contributed by atoms with van der Waals surface area (Å²) in [6.07, 6.45) is 3.44. The van der Waals surface area contributed by atoms with E-state index < -0.39 is 6.10 Å². The summed E-state index contributed by atoms with van der Waals surface area (Å²) in [7, 11) is 1.63. The Kier molecular flexibility index (Phi) is 6.74. The number of likely N-dealkylation sites (tertiary alicyclic amines) is 1. The van der Waals surface area contributed by atoms with E-state index in [1.807, 2.05) is 36.1 Å². The molecule has 2 aromatic carbocycles. The average molecular weight is 367 g/mol. The Labute approximate surface area is 162 Å². The van der Waals surface area contributed by atoms with Crippen LogP contribution in [0.1, 0.15) is 31.7 Å². The minimum absolute atomic E-state index is 0.103. The van der Waals surface area contributed by atoms with E-state index >= 15 is 0 Å². The van der Waals surface area contributed by atoms with Crippen molar-refractivity contribution >= 4 is 5.91 Å². The number of carbonyl (C=O) groups excluding carboxylic acids is 1. The second-order valence-corrected chi connectivity index (χ2v) is 7.15. The van der Waals surface area contributed by atoms with Crippen LogP contribution in [0.5, 0.6) is 11.5 Å². The molecule has 0 radical (unpaired) electrons. The zero-order valence-electron chi connectivity index (χ0n) is 16.3. The summed E-state index contributed by atoms with van der Waals surface area (Å²) < 4.78 is 11.1. The highest BCUT2D eigenvalue weighted by atomic mass is 16.5. The molecular weight excluding hydrogens is 338 g/mol. The zero-order chi connectivity index (χ0) is 19.1. The molecule has 0 aliphatic carbocycles. The first kappa shape index (κ1) is 19.3. The summed E-state index contributed by atoms with van der Waals surface area (Å²) in [6, 6.07) is 18.0. The van der Waals surface area contributed by atoms with Gasteiger partial charge in [0.25, 0.3) is 5.91 Å². The number of methoxy groups -OCH3 is 1. The van der Waals surface area contributed by atoms with E-state index in [1.54, 1.807) is 7.11 Å². The number of carbonyl (C=O) groups is 1. The summed E-state index contributed by atoms with van der Waals surface area (Å²) in [5.74, 6) is 2.24. The van der Waals surface area contributed by atoms with E-state index in [4.69, 9.17) is 9.47 Å². The second kappa shape index (κ2) is 9.45. The molecule has 0 bridgehead atoms. The lowest BCUT2D eigenvalue weighted by molar-refractivity contribution is -0.140. The van der Waals surface area contributed by atoms with Crippen LogP contribution in [0.25, 0.3) is 0 Å². The van der Waals surface area contributed by atoms with Crippen molar-refractivity contribution in [3.05, 3.63) is 60.2 Å². The van der Waals surface area contributed by atoms with Crippen molar-refractivity contribution in [2.24, 2.45) is 5.92 Å². The molecule has 2 aromatic rings. The molecule has 1 aliphatic rings. The van der Waals surface area contributed by atoms with E-state index in [1.165, 1.54) is 5.56 Å². The van der Waals surface area contributed by atoms with E-state index in [0.29, 0.717) is 18.1 Å². The second-order valence-electron chi connectivity index (χ2n) is 7.15. The Bertz CT molecular complexity index is 706. The number of rotatable bonds is 7. The third-order valence-electron chi connectivity index (χ3n) is 5.28. The molecule has 144 valence electrons. The number of hydrogen-bond donors (Lipinski definition) is 0. The maximum absolute atomic E-state index is 12.9. The predicted octanol–water partition coefficient (Wildman–Crippen LogP) is 4.33. The molecule has 0 spiro atoms. The summed E-state index contributed by atoms with van der Waals surface area (Å²) in [6.45, 7) is 3.63. The molecule has 0 unspecified atom stereocenters. The Morgan fingerprint density at radius 3 is 2.26 bits per heavy atom. The monoisotopic (exact) mass is 367 g/mol. The summed E-state index contributed by atoms with van der Waals surface area (Å²) >= 11 is 0. The van der Waals surface area contributed by atoms with Gasteiger partial charge in [-0.25, -0.2) is 0 Å². The lowest BCUT2D eigenvalue weighted by atomic mass is 9.90. The number of amides is 1. The third-order valence-corrected chi connectivity index (χ3v) is 5.28. The minimum Gasteiger partial charge on any atom is -0.497 e. The van der Waals surface area contributed by atoms with E-state index in [-0.39, 0.29) is 5.91 Å². The van der Waals surface area contributed by atoms with Crippen LogP contribution in [0.15, 0.2) is 54.6 Å². The van der Waals surface area contributed by atoms with Gasteiger partial charge in [-0.05, 0) is 61.4 Å². The van der Waals surface area contributed by atoms with Crippen molar-refractivity contribution in [2.45, 2.75) is 38.7 Å². The van der Waals surface area contributed by atoms with Crippen molar-refractivity contribution in [1.82, 2.24) is 4.90 Å². The fraction of sp³-hybridized carbons (Fsp3) is 0.435. The van der Waals surface area contributed by atoms with Gasteiger partial charge in [0.1, 0.15) is 11.5 Å². The van der Waals surface area contributed by atoms with Gasteiger partial charge < -0.3 is 14.4 Å². The van der Waals surface area contributed by atoms with Crippen LogP contribution in [-0.2, 0) is 11.2 Å². The topological polar surface area (TPSA) is 38.8 Å². The lowest BCUT2D eigenvalue weighted by Crippen LogP contribution is -2.45. The number of ether oxygens (including phenoxy) is 2. The third kappa shape index (κ3) is 5.25. The SMILES string of the molecule is CC[C@H](Oc1ccc(OC)cc1)C(=O)N1CCC(Cc2ccccc2)CC1. The first-order chi connectivity index (χ1) is 13.2. The highest BCUT2D eigenvalue weighted by molar-refractivity contribution is 5.81. The molecule has 0 N–H and O–H groups in total. The Morgan fingerprint density at radius 2 is 1.67 bits per heavy atom. The van der Waals surface area contributed by atoms with Crippen molar-refractivity contribution in [3.63, 3.8) is 0 Å². The Morgan fingerprint density at radius 1 is 1.04 bits per heavy atom. The van der Waals surface area contributed by atoms with Crippen LogP contribution >= 0.6 is 0 Å². The molecule has 1 fully saturated rings. The quantitative estimate of drug-likeness (QED) is 0.731. The standard InChI is InChI=1S/C23H29NO3/c1-3-22(27-21-11-9-20(26-2)10-12-21)23(25)24-15-13-19(14-16-24)17-18-7-5-4-6-8-18/h4-12,19,22H,3,13-17H2,1-2H3/t22-/m0/s1. The van der Waals surface area contributed by atoms with Crippen molar-refractivity contribution < 1.29 is 14.3 Å². The van der Waals surface area contributed by atoms with Crippen molar-refractivity contribution in [3.8, 4) is 11.5 Å². The lowest BCUT2D eigenvalue weighted by Gasteiger charge is -2.34. The molecule has 1 saturated heterocycles. The van der Waals surface area contributed by atoms with Gasteiger partial charge in [-0.2, -0.15) is 0 Å². The number of benzene rings is 2. The van der Waals surface area contributed by atoms with Crippen LogP contribution in [-0.4, -0.2) is 37.1 Å². The van der Waals surface area contributed by atoms with E-state index in [0.717, 1.165) is 38.1 Å². The summed E-state index contributed by atoms with van der Waals surface area (Å²) in [5, 5.41) is 0. The molecule has 4 heteroatoms. The van der Waals surface area contributed by atoms with Crippen molar-refractivity contribution in [1.29, 1.82) is 0 Å². The van der Waals surface area contributed by atoms with Gasteiger partial charge in [0.2, 0.25) is 0 Å². The first-order valence-corrected chi connectivity index (χ1v) is 9.83. The minimum atomic E-state index is -0.427. The molecule has 0 saturated carbocycles. The van der Waals surface area contributed by atoms with Gasteiger partial charge in [-0.1, -0.05) is 37.3 Å². The van der Waals surface area contributed by atoms with E-state index in [2.05, 4.69) is 30.3 Å². The van der Waals surface area contributed by atoms with Crippen LogP contribution < -0.4 is 9.47 Å². The summed E-state index contributed by atoms with van der Waals surface area (Å²) in [5.41, 5.74) is 1.39. The van der Waals surface area contributed by atoms with Gasteiger partial charge >= 0.3 is 0 Å². The zero-order valence-corrected chi connectivity index (χ0v) is 16.3. The average Bonchev–Trinajstić information content (AvgIpc) is 2.73. The fourth-order valence-corrected chi connectivity index (χ4v) is 3.64. The summed E-state index contributed by atoms with van der Waals surface area (Å²) in [4.78, 5) is 14.9. The molecule has 1 aliphatic heterocycles. The molecule has 27 heavy (non-hydrogen) atoms. The maximum atomic E-state index is 12.9. The van der Waals surface area contributed by atoms with Gasteiger partial charge in [0.05, 0.1) is 7.11 Å². The van der Waals surface area contributed by atoms with Gasteiger partial charge in [-0.15, -0.1) is 0 Å². The van der Waals surface area contributed by atoms with E-state index in [9.17, 15) is 4.79 Å². The Hall–Kier alpha value is -2.49. The smallest absolute Gasteiger partial charge is 0.263 e. The molecule has 1 atom stereocenters. The predicted molar refractivity (Wildman–Crippen MR) is 107 cm³/mol. The van der Waals surface area contributed by atoms with Crippen LogP contribution in [0.4, 0.5) is 0 Å². The molecule has 1 heterocycles. The fourth-order valence-electron chi connectivity index (χ4n) is 3.64. The van der Waals surface area contributed by atoms with Crippen LogP contribution in [0.2, 0.25) is 0 Å². The van der Waals surface area contributed by atoms with Crippen LogP contribution in [0.3, 0.4) is 0 Å². The molecule has 1 amide bonds. The molecule has 0 aromatic heterocycles. The number of piperidine rings is 1. The maximum Gasteiger partial charge on any atom is 0.263 e. The highest BCUT2D eigenvalue weighted by Gasteiger charge is 2.28. The molecule has 3 rings (SSSR count). The Balaban J connectivity index is 1.52. The largest absolute Gasteiger partial charge is 0.497 e.